The van der Waals surface area contributed by atoms with Gasteiger partial charge in [-0.2, -0.15) is 0 Å². The summed E-state index contributed by atoms with van der Waals surface area (Å²) in [4.78, 5) is 0. The first kappa shape index (κ1) is 63.1. The van der Waals surface area contributed by atoms with Crippen LogP contribution in [0.5, 0.6) is 0 Å². The van der Waals surface area contributed by atoms with Crippen LogP contribution in [0.2, 0.25) is 0 Å². The molecule has 0 spiro atoms. The van der Waals surface area contributed by atoms with Crippen molar-refractivity contribution in [2.24, 2.45) is 0 Å². The summed E-state index contributed by atoms with van der Waals surface area (Å²) in [5.41, 5.74) is 0. The molecule has 0 unspecified atom stereocenters. The third-order valence-electron chi connectivity index (χ3n) is 0. The van der Waals surface area contributed by atoms with Gasteiger partial charge in [-0.05, 0) is 0 Å². The molecular weight excluding hydrogens is 566 g/mol. The summed E-state index contributed by atoms with van der Waals surface area (Å²) in [5.74, 6) is 0. The average Bonchev–Trinajstić information content (AvgIpc) is 2.08. The van der Waals surface area contributed by atoms with Gasteiger partial charge in [-0.3, -0.25) is 25.3 Å². The molecule has 0 atom stereocenters. The second-order valence-corrected chi connectivity index (χ2v) is 13.3. The zero-order chi connectivity index (χ0) is 21.5. The van der Waals surface area contributed by atoms with E-state index in [0.29, 0.717) is 0 Å². The Morgan fingerprint density at radius 2 is 0.286 bits per heavy atom. The molecule has 6 nitrogen and oxygen atoms in total. The summed E-state index contributed by atoms with van der Waals surface area (Å²) < 4.78 is 57.3. The molecule has 28 heavy (non-hydrogen) atoms. The smallest absolute Gasteiger partial charge is 1.00 e. The van der Waals surface area contributed by atoms with Gasteiger partial charge in [-0.25, -0.2) is 0 Å². The van der Waals surface area contributed by atoms with Crippen LogP contribution in [0.1, 0.15) is 0 Å². The molecule has 0 aromatic rings. The second-order valence-electron chi connectivity index (χ2n) is 4.45. The van der Waals surface area contributed by atoms with Gasteiger partial charge in [-0.1, -0.05) is 0 Å². The molecule has 0 aliphatic carbocycles. The van der Waals surface area contributed by atoms with Crippen LogP contribution in [0.15, 0.2) is 0 Å². The molecule has 0 rings (SSSR count). The molecule has 0 heterocycles. The Hall–Kier alpha value is 2.30. The fraction of sp³-hybridized carbons (Fsp3) is 1.00. The van der Waals surface area contributed by atoms with Crippen molar-refractivity contribution in [3.63, 3.8) is 0 Å². The van der Waals surface area contributed by atoms with Gasteiger partial charge in [0.1, 0.15) is 0 Å². The molecule has 180 valence electrons. The van der Waals surface area contributed by atoms with Crippen molar-refractivity contribution in [3.8, 4) is 0 Å². The fourth-order valence-corrected chi connectivity index (χ4v) is 0. The number of halogens is 3. The van der Waals surface area contributed by atoms with Gasteiger partial charge in [0, 0.05) is 140 Å². The number of hydrogen-bond acceptors (Lipinski definition) is 6. The van der Waals surface area contributed by atoms with E-state index in [1.54, 1.807) is 75.1 Å². The van der Waals surface area contributed by atoms with E-state index in [1.165, 1.54) is 0 Å². The summed E-state index contributed by atoms with van der Waals surface area (Å²) in [5, 5.41) is 0. The van der Waals surface area contributed by atoms with Crippen LogP contribution in [-0.4, -0.2) is 118 Å². The van der Waals surface area contributed by atoms with Crippen LogP contribution < -0.4 is 37.2 Å². The van der Waals surface area contributed by atoms with E-state index in [2.05, 4.69) is 0 Å². The number of rotatable bonds is 0. The van der Waals surface area contributed by atoms with E-state index in [1.807, 2.05) is 0 Å². The molecule has 0 fully saturated rings. The van der Waals surface area contributed by atoms with Gasteiger partial charge < -0.3 is 37.2 Å². The van der Waals surface area contributed by atoms with Crippen molar-refractivity contribution in [1.82, 2.24) is 0 Å². The predicted octanol–water partition coefficient (Wildman–Crippen LogP) is -9.40. The summed E-state index contributed by atoms with van der Waals surface area (Å²) in [6, 6.07) is 0. The summed E-state index contributed by atoms with van der Waals surface area (Å²) in [6.07, 6.45) is 19.7. The largest absolute Gasteiger partial charge is 3.00 e. The Labute approximate surface area is 217 Å². The Kier molecular flexibility index (Phi) is 128. The molecule has 0 aromatic heterocycles. The van der Waals surface area contributed by atoms with Crippen LogP contribution in [-0.2, 0) is 64.8 Å². The fourth-order valence-electron chi connectivity index (χ4n) is 0. The molecule has 0 aromatic carbocycles. The molecule has 0 radical (unpaired) electrons. The Balaban J connectivity index is -0.0000000169. The van der Waals surface area contributed by atoms with Crippen molar-refractivity contribution in [2.45, 2.75) is 0 Å². The molecule has 0 saturated heterocycles. The maximum Gasteiger partial charge on any atom is 3.00 e. The van der Waals surface area contributed by atoms with Crippen LogP contribution in [0.3, 0.4) is 0 Å². The summed E-state index contributed by atoms with van der Waals surface area (Å²) in [7, 11) is -3.67. The van der Waals surface area contributed by atoms with Crippen LogP contribution >= 0.6 is 0 Å². The maximum absolute atomic E-state index is 9.56. The molecule has 0 amide bonds. The van der Waals surface area contributed by atoms with Crippen molar-refractivity contribution < 1.29 is 62.5 Å². The maximum atomic E-state index is 9.56. The average molecular weight is 602 g/mol. The van der Waals surface area contributed by atoms with Gasteiger partial charge in [0.2, 0.25) is 0 Å². The van der Waals surface area contributed by atoms with Gasteiger partial charge in [-0.15, -0.1) is 0 Å². The Bertz CT molecular complexity index is 287. The summed E-state index contributed by atoms with van der Waals surface area (Å²) in [6.45, 7) is 0. The first-order chi connectivity index (χ1) is 10.4. The van der Waals surface area contributed by atoms with Gasteiger partial charge in [0.05, 0.1) is 0 Å². The second kappa shape index (κ2) is 56.9. The zero-order valence-electron chi connectivity index (χ0n) is 18.6. The third-order valence-corrected chi connectivity index (χ3v) is 0. The normalized spacial score (nSPS) is 7.50. The minimum absolute atomic E-state index is 0. The third kappa shape index (κ3) is 3980. The van der Waals surface area contributed by atoms with E-state index in [-0.39, 0.29) is 54.6 Å². The van der Waals surface area contributed by atoms with Crippen LogP contribution in [0, 0.1) is 0 Å². The minimum atomic E-state index is -0.611. The van der Waals surface area contributed by atoms with Crippen molar-refractivity contribution in [2.75, 3.05) is 75.1 Å². The van der Waals surface area contributed by atoms with E-state index in [0.717, 1.165) is 0 Å². The van der Waals surface area contributed by atoms with Crippen molar-refractivity contribution >= 4 is 82.2 Å². The molecular formula is C12H36AlCl3O6S6. The SMILES string of the molecule is CS(C)=O.CS(C)=O.CS(C)=O.CS(C)=O.CS(C)=O.CS(C)=O.[Al+3].[Cl-].[Cl-].[Cl-]. The van der Waals surface area contributed by atoms with Gasteiger partial charge >= 0.3 is 17.4 Å². The Morgan fingerprint density at radius 3 is 0.286 bits per heavy atom. The van der Waals surface area contributed by atoms with Crippen LogP contribution in [0.4, 0.5) is 0 Å². The molecule has 0 aliphatic rings. The summed E-state index contributed by atoms with van der Waals surface area (Å²) >= 11 is 0. The first-order valence-electron chi connectivity index (χ1n) is 5.90. The van der Waals surface area contributed by atoms with E-state index in [4.69, 9.17) is 0 Å². The predicted molar refractivity (Wildman–Crippen MR) is 126 cm³/mol. The molecule has 16 heteroatoms. The quantitative estimate of drug-likeness (QED) is 0.256. The minimum Gasteiger partial charge on any atom is -1.00 e. The van der Waals surface area contributed by atoms with Gasteiger partial charge in [0.25, 0.3) is 0 Å². The molecule has 0 saturated carbocycles. The van der Waals surface area contributed by atoms with Crippen LogP contribution in [0.25, 0.3) is 0 Å². The van der Waals surface area contributed by atoms with Crippen molar-refractivity contribution in [3.05, 3.63) is 0 Å². The first-order valence-corrected chi connectivity index (χ1v) is 17.7. The van der Waals surface area contributed by atoms with E-state index in [9.17, 15) is 25.3 Å². The molecule has 0 aliphatic heterocycles. The van der Waals surface area contributed by atoms with E-state index < -0.39 is 64.8 Å². The topological polar surface area (TPSA) is 102 Å². The molecule has 0 N–H and O–H groups in total. The standard InChI is InChI=1S/6C2H6OS.Al.3ClH/c6*1-4(2)3;;;;/h6*1-2H3;;3*1H/q;;;;;;+3;;;/p-3. The van der Waals surface area contributed by atoms with Gasteiger partial charge in [0.15, 0.2) is 0 Å². The Morgan fingerprint density at radius 1 is 0.286 bits per heavy atom. The zero-order valence-corrected chi connectivity index (χ0v) is 26.9. The molecule has 0 bridgehead atoms. The monoisotopic (exact) mass is 600 g/mol. The van der Waals surface area contributed by atoms with E-state index >= 15 is 0 Å². The van der Waals surface area contributed by atoms with Crippen molar-refractivity contribution in [1.29, 1.82) is 0 Å². The number of hydrogen-bond donors (Lipinski definition) is 0.